The molecule has 0 saturated heterocycles. The van der Waals surface area contributed by atoms with Crippen LogP contribution in [-0.4, -0.2) is 48.3 Å². The molecule has 2 rings (SSSR count). The normalized spacial score (nSPS) is 11.7. The lowest BCUT2D eigenvalue weighted by Crippen LogP contribution is -2.31. The third kappa shape index (κ3) is 3.42. The molecule has 0 aliphatic carbocycles. The van der Waals surface area contributed by atoms with Crippen LogP contribution in [0, 0.1) is 18.6 Å². The SMILES string of the molecule is COCCN(C)CCn1c(=S)[nH]c2sc(C)c(C)c2c1=O. The summed E-state index contributed by atoms with van der Waals surface area (Å²) in [4.78, 5) is 20.0. The number of rotatable bonds is 6. The van der Waals surface area contributed by atoms with Gasteiger partial charge in [-0.3, -0.25) is 9.36 Å². The molecule has 0 atom stereocenters. The third-order valence-corrected chi connectivity index (χ3v) is 5.14. The Labute approximate surface area is 133 Å². The Kier molecular flexibility index (Phi) is 5.32. The Hall–Kier alpha value is -1.02. The van der Waals surface area contributed by atoms with E-state index in [-0.39, 0.29) is 5.56 Å². The van der Waals surface area contributed by atoms with Gasteiger partial charge in [0.1, 0.15) is 4.83 Å². The number of hydrogen-bond acceptors (Lipinski definition) is 5. The number of methoxy groups -OCH3 is 1. The Morgan fingerprint density at radius 1 is 1.38 bits per heavy atom. The highest BCUT2D eigenvalue weighted by Crippen LogP contribution is 2.25. The lowest BCUT2D eigenvalue weighted by atomic mass is 10.2. The van der Waals surface area contributed by atoms with Crippen LogP contribution in [0.4, 0.5) is 0 Å². The number of thiophene rings is 1. The summed E-state index contributed by atoms with van der Waals surface area (Å²) in [6, 6.07) is 0. The van der Waals surface area contributed by atoms with E-state index in [1.165, 1.54) is 0 Å². The number of aromatic nitrogens is 2. The van der Waals surface area contributed by atoms with E-state index in [1.807, 2.05) is 20.9 Å². The molecule has 0 aliphatic rings. The third-order valence-electron chi connectivity index (χ3n) is 3.69. The molecule has 0 saturated carbocycles. The summed E-state index contributed by atoms with van der Waals surface area (Å²) in [6.07, 6.45) is 0. The van der Waals surface area contributed by atoms with Crippen molar-refractivity contribution in [3.05, 3.63) is 25.6 Å². The highest BCUT2D eigenvalue weighted by Gasteiger charge is 2.13. The van der Waals surface area contributed by atoms with E-state index in [2.05, 4.69) is 9.88 Å². The zero-order valence-corrected chi connectivity index (χ0v) is 14.5. The summed E-state index contributed by atoms with van der Waals surface area (Å²) in [6.45, 7) is 6.87. The number of aryl methyl sites for hydroxylation is 2. The molecule has 2 aromatic heterocycles. The van der Waals surface area contributed by atoms with Crippen molar-refractivity contribution in [2.75, 3.05) is 33.9 Å². The average Bonchev–Trinajstić information content (AvgIpc) is 2.71. The molecule has 0 radical (unpaired) electrons. The van der Waals surface area contributed by atoms with Crippen LogP contribution in [0.25, 0.3) is 10.2 Å². The van der Waals surface area contributed by atoms with Gasteiger partial charge < -0.3 is 14.6 Å². The Bertz CT molecular complexity index is 745. The number of nitrogens with one attached hydrogen (secondary N) is 1. The predicted molar refractivity (Wildman–Crippen MR) is 90.1 cm³/mol. The first kappa shape index (κ1) is 16.4. The molecule has 0 fully saturated rings. The van der Waals surface area contributed by atoms with Gasteiger partial charge in [-0.25, -0.2) is 0 Å². The molecule has 21 heavy (non-hydrogen) atoms. The first-order valence-electron chi connectivity index (χ1n) is 6.86. The van der Waals surface area contributed by atoms with Crippen molar-refractivity contribution in [1.82, 2.24) is 14.5 Å². The van der Waals surface area contributed by atoms with Gasteiger partial charge in [0.25, 0.3) is 5.56 Å². The number of nitrogens with zero attached hydrogens (tertiary/aromatic N) is 2. The monoisotopic (exact) mass is 327 g/mol. The van der Waals surface area contributed by atoms with Crippen LogP contribution >= 0.6 is 23.6 Å². The molecule has 116 valence electrons. The summed E-state index contributed by atoms with van der Waals surface area (Å²) >= 11 is 6.92. The van der Waals surface area contributed by atoms with Crippen molar-refractivity contribution in [3.63, 3.8) is 0 Å². The molecule has 0 bridgehead atoms. The van der Waals surface area contributed by atoms with Gasteiger partial charge in [0.05, 0.1) is 12.0 Å². The summed E-state index contributed by atoms with van der Waals surface area (Å²) in [5.74, 6) is 0. The molecule has 7 heteroatoms. The molecule has 2 heterocycles. The predicted octanol–water partition coefficient (Wildman–Crippen LogP) is 2.32. The van der Waals surface area contributed by atoms with E-state index in [9.17, 15) is 4.79 Å². The van der Waals surface area contributed by atoms with Crippen molar-refractivity contribution >= 4 is 33.8 Å². The molecule has 0 unspecified atom stereocenters. The quantitative estimate of drug-likeness (QED) is 0.827. The van der Waals surface area contributed by atoms with E-state index in [0.29, 0.717) is 17.9 Å². The summed E-state index contributed by atoms with van der Waals surface area (Å²) in [5.41, 5.74) is 1.06. The second-order valence-corrected chi connectivity index (χ2v) is 6.78. The van der Waals surface area contributed by atoms with Gasteiger partial charge in [0.15, 0.2) is 4.77 Å². The lowest BCUT2D eigenvalue weighted by molar-refractivity contribution is 0.159. The number of aromatic amines is 1. The maximum Gasteiger partial charge on any atom is 0.263 e. The molecular formula is C14H21N3O2S2. The highest BCUT2D eigenvalue weighted by molar-refractivity contribution is 7.71. The molecule has 0 aromatic carbocycles. The minimum absolute atomic E-state index is 0.00995. The van der Waals surface area contributed by atoms with Crippen LogP contribution < -0.4 is 5.56 Å². The zero-order chi connectivity index (χ0) is 15.6. The zero-order valence-electron chi connectivity index (χ0n) is 12.9. The maximum absolute atomic E-state index is 12.6. The Morgan fingerprint density at radius 3 is 2.76 bits per heavy atom. The minimum atomic E-state index is 0.00995. The molecule has 0 amide bonds. The van der Waals surface area contributed by atoms with Gasteiger partial charge in [-0.15, -0.1) is 11.3 Å². The fraction of sp³-hybridized carbons (Fsp3) is 0.571. The van der Waals surface area contributed by atoms with Crippen LogP contribution in [-0.2, 0) is 11.3 Å². The summed E-state index contributed by atoms with van der Waals surface area (Å²) in [5, 5.41) is 0.769. The van der Waals surface area contributed by atoms with Crippen LogP contribution in [0.2, 0.25) is 0 Å². The van der Waals surface area contributed by atoms with Crippen LogP contribution in [0.1, 0.15) is 10.4 Å². The standard InChI is InChI=1S/C14H21N3O2S2/c1-9-10(2)21-12-11(9)13(18)17(14(20)15-12)6-5-16(3)7-8-19-4/h5-8H2,1-4H3,(H,15,20). The van der Waals surface area contributed by atoms with Gasteiger partial charge in [0.2, 0.25) is 0 Å². The fourth-order valence-corrected chi connectivity index (χ4v) is 3.59. The fourth-order valence-electron chi connectivity index (χ4n) is 2.20. The van der Waals surface area contributed by atoms with Crippen molar-refractivity contribution in [2.24, 2.45) is 0 Å². The van der Waals surface area contributed by atoms with E-state index in [1.54, 1.807) is 23.0 Å². The molecular weight excluding hydrogens is 306 g/mol. The molecule has 1 N–H and O–H groups in total. The van der Waals surface area contributed by atoms with Crippen LogP contribution in [0.15, 0.2) is 4.79 Å². The summed E-state index contributed by atoms with van der Waals surface area (Å²) < 4.78 is 7.20. The minimum Gasteiger partial charge on any atom is -0.383 e. The second-order valence-electron chi connectivity index (χ2n) is 5.17. The van der Waals surface area contributed by atoms with Gasteiger partial charge in [0, 0.05) is 31.6 Å². The van der Waals surface area contributed by atoms with Gasteiger partial charge >= 0.3 is 0 Å². The molecule has 0 aliphatic heterocycles. The van der Waals surface area contributed by atoms with Crippen LogP contribution in [0.5, 0.6) is 0 Å². The van der Waals surface area contributed by atoms with E-state index in [4.69, 9.17) is 17.0 Å². The van der Waals surface area contributed by atoms with E-state index >= 15 is 0 Å². The number of ether oxygens (including phenoxy) is 1. The number of likely N-dealkylation sites (N-methyl/N-ethyl adjacent to an activating group) is 1. The van der Waals surface area contributed by atoms with Gasteiger partial charge in [-0.2, -0.15) is 0 Å². The Morgan fingerprint density at radius 2 is 2.10 bits per heavy atom. The number of hydrogen-bond donors (Lipinski definition) is 1. The van der Waals surface area contributed by atoms with Crippen LogP contribution in [0.3, 0.4) is 0 Å². The van der Waals surface area contributed by atoms with Gasteiger partial charge in [-0.05, 0) is 38.7 Å². The van der Waals surface area contributed by atoms with Gasteiger partial charge in [-0.1, -0.05) is 0 Å². The lowest BCUT2D eigenvalue weighted by Gasteiger charge is -2.16. The van der Waals surface area contributed by atoms with Crippen molar-refractivity contribution in [1.29, 1.82) is 0 Å². The maximum atomic E-state index is 12.6. The van der Waals surface area contributed by atoms with Crippen molar-refractivity contribution < 1.29 is 4.74 Å². The average molecular weight is 327 g/mol. The molecule has 2 aromatic rings. The highest BCUT2D eigenvalue weighted by atomic mass is 32.1. The number of H-pyrrole nitrogens is 1. The first-order valence-corrected chi connectivity index (χ1v) is 8.08. The first-order chi connectivity index (χ1) is 9.95. The van der Waals surface area contributed by atoms with E-state index in [0.717, 1.165) is 33.7 Å². The largest absolute Gasteiger partial charge is 0.383 e. The molecule has 0 spiro atoms. The molecule has 5 nitrogen and oxygen atoms in total. The van der Waals surface area contributed by atoms with E-state index < -0.39 is 0 Å². The smallest absolute Gasteiger partial charge is 0.263 e. The summed E-state index contributed by atoms with van der Waals surface area (Å²) in [7, 11) is 3.69. The van der Waals surface area contributed by atoms with Crippen molar-refractivity contribution in [3.8, 4) is 0 Å². The topological polar surface area (TPSA) is 50.3 Å². The number of fused-ring (bicyclic) bond motifs is 1. The van der Waals surface area contributed by atoms with Crippen molar-refractivity contribution in [2.45, 2.75) is 20.4 Å². The Balaban J connectivity index is 2.30. The second kappa shape index (κ2) is 6.83.